The van der Waals surface area contributed by atoms with Crippen molar-refractivity contribution in [1.29, 1.82) is 0 Å². The van der Waals surface area contributed by atoms with E-state index in [1.54, 1.807) is 27.8 Å². The van der Waals surface area contributed by atoms with Gasteiger partial charge >= 0.3 is 6.18 Å². The summed E-state index contributed by atoms with van der Waals surface area (Å²) in [6, 6.07) is 10.1. The van der Waals surface area contributed by atoms with E-state index in [4.69, 9.17) is 4.74 Å². The zero-order valence-electron chi connectivity index (χ0n) is 19.9. The number of alkyl halides is 3. The van der Waals surface area contributed by atoms with Crippen LogP contribution in [-0.2, 0) is 18.0 Å². The highest BCUT2D eigenvalue weighted by atomic mass is 19.4. The molecular formula is C25H32B2F3NO2. The highest BCUT2D eigenvalue weighted by Gasteiger charge is 2.36. The molecule has 8 heteroatoms. The Morgan fingerprint density at radius 3 is 2.36 bits per heavy atom. The van der Waals surface area contributed by atoms with E-state index in [1.807, 2.05) is 32.0 Å². The SMILES string of the molecule is BC(B)(O)c1ccc(/C(C)=N/COc2ccc(C3CCCCC3)c(C(F)(F)F)c2)cc1CC. The number of nitrogens with zero attached hydrogens (tertiary/aromatic N) is 1. The van der Waals surface area contributed by atoms with Crippen LogP contribution in [0, 0.1) is 0 Å². The lowest BCUT2D eigenvalue weighted by Crippen LogP contribution is -2.27. The fraction of sp³-hybridized carbons (Fsp3) is 0.480. The molecule has 0 saturated heterocycles. The minimum Gasteiger partial charge on any atom is -0.471 e. The van der Waals surface area contributed by atoms with Crippen LogP contribution < -0.4 is 4.74 Å². The zero-order chi connectivity index (χ0) is 24.2. The molecule has 0 bridgehead atoms. The maximum Gasteiger partial charge on any atom is 0.416 e. The molecule has 0 radical (unpaired) electrons. The largest absolute Gasteiger partial charge is 0.471 e. The number of hydrogen-bond donors (Lipinski definition) is 1. The molecule has 1 N–H and O–H groups in total. The van der Waals surface area contributed by atoms with Crippen LogP contribution in [0.15, 0.2) is 41.4 Å². The summed E-state index contributed by atoms with van der Waals surface area (Å²) in [6.45, 7) is 3.80. The Morgan fingerprint density at radius 2 is 1.76 bits per heavy atom. The first kappa shape index (κ1) is 25.4. The number of ether oxygens (including phenoxy) is 1. The molecule has 1 saturated carbocycles. The predicted molar refractivity (Wildman–Crippen MR) is 132 cm³/mol. The summed E-state index contributed by atoms with van der Waals surface area (Å²) in [5.74, 6) is 0.134. The van der Waals surface area contributed by atoms with E-state index < -0.39 is 17.1 Å². The minimum absolute atomic E-state index is 0.0377. The molecule has 1 aliphatic rings. The van der Waals surface area contributed by atoms with Gasteiger partial charge in [0.2, 0.25) is 0 Å². The molecule has 33 heavy (non-hydrogen) atoms. The standard InChI is InChI=1S/C25H32B2F3NO2/c1-3-17-13-19(9-12-22(17)24(26,27)32)16(2)31-15-33-20-10-11-21(18-7-5-4-6-8-18)23(14-20)25(28,29)30/h9-14,18,32H,3-8,15,26-27H2,1-2H3/b31-16+. The first-order chi connectivity index (χ1) is 15.5. The van der Waals surface area contributed by atoms with Crippen LogP contribution in [0.2, 0.25) is 0 Å². The van der Waals surface area contributed by atoms with Crippen LogP contribution in [0.3, 0.4) is 0 Å². The third-order valence-electron chi connectivity index (χ3n) is 6.47. The molecular weight excluding hydrogens is 425 g/mol. The van der Waals surface area contributed by atoms with Gasteiger partial charge in [-0.05, 0) is 72.6 Å². The van der Waals surface area contributed by atoms with Crippen LogP contribution in [0.25, 0.3) is 0 Å². The van der Waals surface area contributed by atoms with Crippen LogP contribution in [-0.4, -0.2) is 33.2 Å². The molecule has 0 spiro atoms. The molecule has 0 aromatic heterocycles. The van der Waals surface area contributed by atoms with Crippen molar-refractivity contribution >= 4 is 21.4 Å². The van der Waals surface area contributed by atoms with Gasteiger partial charge in [0.15, 0.2) is 6.73 Å². The van der Waals surface area contributed by atoms with Crippen molar-refractivity contribution in [3.8, 4) is 5.75 Å². The van der Waals surface area contributed by atoms with Gasteiger partial charge in [0.1, 0.15) is 21.4 Å². The van der Waals surface area contributed by atoms with Crippen molar-refractivity contribution in [3.05, 3.63) is 64.2 Å². The second-order valence-electron chi connectivity index (χ2n) is 9.38. The highest BCUT2D eigenvalue weighted by Crippen LogP contribution is 2.42. The highest BCUT2D eigenvalue weighted by molar-refractivity contribution is 6.38. The zero-order valence-corrected chi connectivity index (χ0v) is 19.9. The molecule has 0 amide bonds. The topological polar surface area (TPSA) is 41.8 Å². The van der Waals surface area contributed by atoms with E-state index in [9.17, 15) is 18.3 Å². The molecule has 0 heterocycles. The van der Waals surface area contributed by atoms with Gasteiger partial charge in [0, 0.05) is 11.1 Å². The molecule has 0 atom stereocenters. The van der Waals surface area contributed by atoms with E-state index in [-0.39, 0.29) is 18.4 Å². The quantitative estimate of drug-likeness (QED) is 0.491. The van der Waals surface area contributed by atoms with Crippen LogP contribution >= 0.6 is 0 Å². The first-order valence-electron chi connectivity index (χ1n) is 11.7. The molecule has 176 valence electrons. The van der Waals surface area contributed by atoms with Crippen molar-refractivity contribution in [2.75, 3.05) is 6.73 Å². The van der Waals surface area contributed by atoms with E-state index in [1.165, 1.54) is 0 Å². The van der Waals surface area contributed by atoms with Crippen molar-refractivity contribution in [2.24, 2.45) is 4.99 Å². The number of aryl methyl sites for hydroxylation is 1. The van der Waals surface area contributed by atoms with Crippen LogP contribution in [0.5, 0.6) is 5.75 Å². The molecule has 3 rings (SSSR count). The minimum atomic E-state index is -4.41. The lowest BCUT2D eigenvalue weighted by Gasteiger charge is -2.25. The van der Waals surface area contributed by atoms with E-state index >= 15 is 0 Å². The van der Waals surface area contributed by atoms with E-state index in [0.717, 1.165) is 67.0 Å². The third kappa shape index (κ3) is 6.44. The fourth-order valence-corrected chi connectivity index (χ4v) is 4.64. The van der Waals surface area contributed by atoms with Crippen molar-refractivity contribution < 1.29 is 23.0 Å². The Morgan fingerprint density at radius 1 is 1.06 bits per heavy atom. The summed E-state index contributed by atoms with van der Waals surface area (Å²) in [7, 11) is 3.51. The second-order valence-corrected chi connectivity index (χ2v) is 9.38. The average molecular weight is 457 g/mol. The Kier molecular flexibility index (Phi) is 7.99. The number of rotatable bonds is 7. The molecule has 2 aromatic rings. The first-order valence-corrected chi connectivity index (χ1v) is 11.7. The molecule has 0 aliphatic heterocycles. The number of benzene rings is 2. The maximum atomic E-state index is 13.7. The van der Waals surface area contributed by atoms with Crippen molar-refractivity contribution in [1.82, 2.24) is 0 Å². The molecule has 1 aliphatic carbocycles. The molecule has 0 unspecified atom stereocenters. The van der Waals surface area contributed by atoms with E-state index in [2.05, 4.69) is 4.99 Å². The predicted octanol–water partition coefficient (Wildman–Crippen LogP) is 4.53. The van der Waals surface area contributed by atoms with Gasteiger partial charge in [-0.3, -0.25) is 4.99 Å². The maximum absolute atomic E-state index is 13.7. The summed E-state index contributed by atoms with van der Waals surface area (Å²) in [4.78, 5) is 4.41. The van der Waals surface area contributed by atoms with Gasteiger partial charge in [-0.2, -0.15) is 13.2 Å². The van der Waals surface area contributed by atoms with Crippen LogP contribution in [0.1, 0.15) is 79.7 Å². The van der Waals surface area contributed by atoms with Gasteiger partial charge in [0.05, 0.1) is 5.56 Å². The average Bonchev–Trinajstić information content (AvgIpc) is 2.78. The summed E-state index contributed by atoms with van der Waals surface area (Å²) in [5.41, 5.74) is 3.31. The Balaban J connectivity index is 1.75. The normalized spacial score (nSPS) is 16.1. The molecule has 3 nitrogen and oxygen atoms in total. The third-order valence-corrected chi connectivity index (χ3v) is 6.47. The summed E-state index contributed by atoms with van der Waals surface area (Å²) in [6.07, 6.45) is 1.01. The van der Waals surface area contributed by atoms with Gasteiger partial charge in [-0.25, -0.2) is 0 Å². The van der Waals surface area contributed by atoms with Gasteiger partial charge < -0.3 is 9.84 Å². The lowest BCUT2D eigenvalue weighted by atomic mass is 9.60. The van der Waals surface area contributed by atoms with Crippen molar-refractivity contribution in [3.63, 3.8) is 0 Å². The monoisotopic (exact) mass is 457 g/mol. The summed E-state index contributed by atoms with van der Waals surface area (Å²) >= 11 is 0. The number of halogens is 3. The number of hydrogen-bond acceptors (Lipinski definition) is 3. The number of aliphatic imine (C=N–C) groups is 1. The second kappa shape index (κ2) is 10.4. The smallest absolute Gasteiger partial charge is 0.416 e. The lowest BCUT2D eigenvalue weighted by molar-refractivity contribution is -0.138. The van der Waals surface area contributed by atoms with Crippen LogP contribution in [0.4, 0.5) is 13.2 Å². The van der Waals surface area contributed by atoms with Gasteiger partial charge in [-0.1, -0.05) is 44.4 Å². The molecule has 1 fully saturated rings. The van der Waals surface area contributed by atoms with Gasteiger partial charge in [0.25, 0.3) is 0 Å². The molecule has 2 aromatic carbocycles. The summed E-state index contributed by atoms with van der Waals surface area (Å²) < 4.78 is 46.8. The Labute approximate surface area is 196 Å². The summed E-state index contributed by atoms with van der Waals surface area (Å²) in [5, 5.41) is 9.42. The van der Waals surface area contributed by atoms with Gasteiger partial charge in [-0.15, -0.1) is 0 Å². The Hall–Kier alpha value is -2.21. The number of aliphatic hydroxyl groups is 1. The van der Waals surface area contributed by atoms with E-state index in [0.29, 0.717) is 5.56 Å². The fourth-order valence-electron chi connectivity index (χ4n) is 4.64. The Bertz CT molecular complexity index is 994. The van der Waals surface area contributed by atoms with Crippen molar-refractivity contribution in [2.45, 2.75) is 69.9 Å².